The molecule has 1 heterocycles. The first-order chi connectivity index (χ1) is 18.8. The molecule has 3 rings (SSSR count). The molecule has 1 fully saturated rings. The lowest BCUT2D eigenvalue weighted by Gasteiger charge is -2.20. The molecule has 5 N–H and O–H groups in total. The van der Waals surface area contributed by atoms with Crippen LogP contribution in [-0.2, 0) is 4.79 Å². The van der Waals surface area contributed by atoms with Gasteiger partial charge in [-0.15, -0.1) is 10.2 Å². The molecule has 1 aromatic heterocycles. The summed E-state index contributed by atoms with van der Waals surface area (Å²) in [6.07, 6.45) is 6.71. The Balaban J connectivity index is 1.98. The molecule has 210 valence electrons. The molecule has 10 nitrogen and oxygen atoms in total. The summed E-state index contributed by atoms with van der Waals surface area (Å²) in [6, 6.07) is 7.21. The quantitative estimate of drug-likeness (QED) is 0.273. The van der Waals surface area contributed by atoms with Gasteiger partial charge in [0.2, 0.25) is 5.91 Å². The lowest BCUT2D eigenvalue weighted by atomic mass is 9.89. The van der Waals surface area contributed by atoms with Crippen LogP contribution in [0.2, 0.25) is 0 Å². The number of amides is 2. The van der Waals surface area contributed by atoms with E-state index in [9.17, 15) is 9.59 Å². The van der Waals surface area contributed by atoms with E-state index in [-0.39, 0.29) is 29.3 Å². The van der Waals surface area contributed by atoms with Crippen molar-refractivity contribution in [2.75, 3.05) is 31.8 Å². The number of methoxy groups -OCH3 is 1. The van der Waals surface area contributed by atoms with Crippen LogP contribution in [0.5, 0.6) is 5.75 Å². The molecule has 39 heavy (non-hydrogen) atoms. The smallest absolute Gasteiger partial charge is 0.273 e. The van der Waals surface area contributed by atoms with E-state index in [0.717, 1.165) is 43.4 Å². The van der Waals surface area contributed by atoms with E-state index in [0.29, 0.717) is 28.8 Å². The summed E-state index contributed by atoms with van der Waals surface area (Å²) in [6.45, 7) is 6.58. The molecule has 2 amide bonds. The molecular weight excluding hydrogens is 494 g/mol. The molecule has 2 atom stereocenters. The number of nitrogens with two attached hydrogens (primary N) is 1. The third-order valence-corrected chi connectivity index (χ3v) is 7.09. The number of nitrogens with zero attached hydrogens (tertiary/aromatic N) is 3. The van der Waals surface area contributed by atoms with Gasteiger partial charge in [-0.25, -0.2) is 0 Å². The van der Waals surface area contributed by atoms with Crippen molar-refractivity contribution in [1.29, 1.82) is 0 Å². The second-order valence-corrected chi connectivity index (χ2v) is 9.95. The Morgan fingerprint density at radius 1 is 1.21 bits per heavy atom. The number of aliphatic imine (C=N–C) groups is 1. The van der Waals surface area contributed by atoms with Crippen LogP contribution in [-0.4, -0.2) is 48.9 Å². The standard InChI is InChI=1S/C29H41N7O3/c1-7-17(3)14-18(8-2)21(30)15-23(31-4)20-10-9-11-22(27(20)39-6)33-24-16-25(34-28(37)19-12-13-19)35-36-26(24)29(38)32-5/h9-11,15-19H,7-8,12-14,30H2,1-6H3,(H,32,38)(H2,33,34,35,37)/b21-15-,31-23?. The summed E-state index contributed by atoms with van der Waals surface area (Å²) in [5.74, 6) is 1.10. The Kier molecular flexibility index (Phi) is 10.4. The first-order valence-corrected chi connectivity index (χ1v) is 13.5. The fourth-order valence-corrected chi connectivity index (χ4v) is 4.34. The molecule has 2 unspecified atom stereocenters. The highest BCUT2D eigenvalue weighted by Gasteiger charge is 2.30. The molecule has 2 aromatic rings. The molecule has 1 aliphatic carbocycles. The van der Waals surface area contributed by atoms with Gasteiger partial charge in [0.15, 0.2) is 17.3 Å². The summed E-state index contributed by atoms with van der Waals surface area (Å²) in [5.41, 5.74) is 9.84. The maximum atomic E-state index is 12.6. The van der Waals surface area contributed by atoms with Crippen molar-refractivity contribution in [3.05, 3.63) is 47.3 Å². The second-order valence-electron chi connectivity index (χ2n) is 9.95. The SMILES string of the molecule is CCC(C)CC(CC)/C(N)=C/C(=NC)c1cccc(Nc2cc(NC(=O)C3CC3)nnc2C(=O)NC)c1OC. The Morgan fingerprint density at radius 2 is 1.95 bits per heavy atom. The van der Waals surface area contributed by atoms with Crippen molar-refractivity contribution in [1.82, 2.24) is 15.5 Å². The number of carbonyl (C=O) groups is 2. The third kappa shape index (κ3) is 7.55. The summed E-state index contributed by atoms with van der Waals surface area (Å²) < 4.78 is 5.82. The summed E-state index contributed by atoms with van der Waals surface area (Å²) in [4.78, 5) is 29.3. The number of hydrogen-bond acceptors (Lipinski definition) is 8. The van der Waals surface area contributed by atoms with Crippen molar-refractivity contribution in [3.63, 3.8) is 0 Å². The highest BCUT2D eigenvalue weighted by atomic mass is 16.5. The summed E-state index contributed by atoms with van der Waals surface area (Å²) in [7, 11) is 4.82. The first-order valence-electron chi connectivity index (χ1n) is 13.5. The zero-order valence-corrected chi connectivity index (χ0v) is 23.8. The van der Waals surface area contributed by atoms with Gasteiger partial charge in [-0.3, -0.25) is 14.6 Å². The summed E-state index contributed by atoms with van der Waals surface area (Å²) in [5, 5.41) is 16.7. The van der Waals surface area contributed by atoms with Gasteiger partial charge in [-0.05, 0) is 55.7 Å². The third-order valence-electron chi connectivity index (χ3n) is 7.09. The van der Waals surface area contributed by atoms with Crippen LogP contribution in [0.15, 0.2) is 41.0 Å². The minimum absolute atomic E-state index is 0.00309. The number of hydrogen-bond donors (Lipinski definition) is 4. The van der Waals surface area contributed by atoms with E-state index >= 15 is 0 Å². The molecule has 1 aliphatic rings. The minimum Gasteiger partial charge on any atom is -0.494 e. The predicted molar refractivity (Wildman–Crippen MR) is 156 cm³/mol. The van der Waals surface area contributed by atoms with Crippen LogP contribution < -0.4 is 26.4 Å². The van der Waals surface area contributed by atoms with Crippen molar-refractivity contribution < 1.29 is 14.3 Å². The van der Waals surface area contributed by atoms with Gasteiger partial charge in [-0.2, -0.15) is 0 Å². The number of anilines is 3. The van der Waals surface area contributed by atoms with Crippen molar-refractivity contribution in [2.45, 2.75) is 52.9 Å². The lowest BCUT2D eigenvalue weighted by Crippen LogP contribution is -2.22. The second kappa shape index (κ2) is 13.7. The first kappa shape index (κ1) is 29.6. The number of rotatable bonds is 13. The summed E-state index contributed by atoms with van der Waals surface area (Å²) >= 11 is 0. The van der Waals surface area contributed by atoms with E-state index in [4.69, 9.17) is 10.5 Å². The van der Waals surface area contributed by atoms with Gasteiger partial charge in [0.25, 0.3) is 5.91 Å². The lowest BCUT2D eigenvalue weighted by molar-refractivity contribution is -0.117. The predicted octanol–water partition coefficient (Wildman–Crippen LogP) is 4.66. The van der Waals surface area contributed by atoms with Crippen molar-refractivity contribution >= 4 is 34.7 Å². The number of allylic oxidation sites excluding steroid dienone is 2. The van der Waals surface area contributed by atoms with E-state index in [1.165, 1.54) is 7.05 Å². The van der Waals surface area contributed by atoms with Gasteiger partial charge < -0.3 is 26.4 Å². The maximum Gasteiger partial charge on any atom is 0.273 e. The normalized spacial score (nSPS) is 15.3. The molecule has 0 radical (unpaired) electrons. The number of benzene rings is 1. The zero-order valence-electron chi connectivity index (χ0n) is 23.8. The van der Waals surface area contributed by atoms with Crippen LogP contribution in [0.25, 0.3) is 0 Å². The van der Waals surface area contributed by atoms with Gasteiger partial charge in [0.05, 0.1) is 24.2 Å². The van der Waals surface area contributed by atoms with Crippen molar-refractivity contribution in [3.8, 4) is 5.75 Å². The van der Waals surface area contributed by atoms with Crippen LogP contribution in [0, 0.1) is 17.8 Å². The monoisotopic (exact) mass is 535 g/mol. The number of ether oxygens (including phenoxy) is 1. The largest absolute Gasteiger partial charge is 0.494 e. The molecule has 0 spiro atoms. The molecule has 0 aliphatic heterocycles. The van der Waals surface area contributed by atoms with Crippen LogP contribution >= 0.6 is 0 Å². The van der Waals surface area contributed by atoms with E-state index < -0.39 is 5.91 Å². The Hall–Kier alpha value is -3.95. The average molecular weight is 536 g/mol. The Morgan fingerprint density at radius 3 is 2.54 bits per heavy atom. The Bertz CT molecular complexity index is 1240. The van der Waals surface area contributed by atoms with Gasteiger partial charge in [0.1, 0.15) is 0 Å². The topological polar surface area (TPSA) is 144 Å². The number of aromatic nitrogens is 2. The fraction of sp³-hybridized carbons (Fsp3) is 0.483. The highest BCUT2D eigenvalue weighted by Crippen LogP contribution is 2.34. The molecular formula is C29H41N7O3. The van der Waals surface area contributed by atoms with Crippen LogP contribution in [0.1, 0.15) is 68.9 Å². The number of nitrogens with one attached hydrogen (secondary N) is 3. The zero-order chi connectivity index (χ0) is 28.5. The van der Waals surface area contributed by atoms with E-state index in [1.807, 2.05) is 24.3 Å². The van der Waals surface area contributed by atoms with Crippen LogP contribution in [0.3, 0.4) is 0 Å². The molecule has 0 bridgehead atoms. The maximum absolute atomic E-state index is 12.6. The van der Waals surface area contributed by atoms with Gasteiger partial charge in [-0.1, -0.05) is 33.3 Å². The highest BCUT2D eigenvalue weighted by molar-refractivity contribution is 6.12. The number of carbonyl (C=O) groups excluding carboxylic acids is 2. The van der Waals surface area contributed by atoms with E-state index in [1.54, 1.807) is 20.2 Å². The van der Waals surface area contributed by atoms with Crippen LogP contribution in [0.4, 0.5) is 17.2 Å². The molecule has 10 heteroatoms. The molecule has 1 aromatic carbocycles. The molecule has 0 saturated heterocycles. The van der Waals surface area contributed by atoms with Gasteiger partial charge in [0, 0.05) is 37.3 Å². The Labute approximate surface area is 230 Å². The van der Waals surface area contributed by atoms with E-state index in [2.05, 4.69) is 51.9 Å². The fourth-order valence-electron chi connectivity index (χ4n) is 4.34. The van der Waals surface area contributed by atoms with Gasteiger partial charge >= 0.3 is 0 Å². The average Bonchev–Trinajstić information content (AvgIpc) is 3.80. The molecule has 1 saturated carbocycles. The minimum atomic E-state index is -0.418. The number of para-hydroxylation sites is 1. The van der Waals surface area contributed by atoms with Crippen molar-refractivity contribution in [2.24, 2.45) is 28.5 Å².